The maximum Gasteiger partial charge on any atom is 0.259 e. The van der Waals surface area contributed by atoms with Gasteiger partial charge in [-0.15, -0.1) is 0 Å². The van der Waals surface area contributed by atoms with Gasteiger partial charge >= 0.3 is 0 Å². The molecule has 3 aromatic rings. The molecule has 0 bridgehead atoms. The van der Waals surface area contributed by atoms with Crippen LogP contribution in [0.1, 0.15) is 40.4 Å². The molecule has 1 aliphatic rings. The molecular weight excluding hydrogens is 345 g/mol. The van der Waals surface area contributed by atoms with Crippen molar-refractivity contribution in [3.8, 4) is 11.4 Å². The summed E-state index contributed by atoms with van der Waals surface area (Å²) >= 11 is 0. The third-order valence-electron chi connectivity index (χ3n) is 4.77. The zero-order chi connectivity index (χ0) is 19.0. The van der Waals surface area contributed by atoms with Crippen LogP contribution in [0, 0.1) is 12.7 Å². The van der Waals surface area contributed by atoms with Crippen LogP contribution in [0.3, 0.4) is 0 Å². The fourth-order valence-electron chi connectivity index (χ4n) is 3.22. The molecular formula is C21H20FN3O2. The molecule has 1 amide bonds. The van der Waals surface area contributed by atoms with Crippen molar-refractivity contribution in [3.05, 3.63) is 71.3 Å². The van der Waals surface area contributed by atoms with Crippen molar-refractivity contribution in [2.75, 3.05) is 12.4 Å². The lowest BCUT2D eigenvalue weighted by molar-refractivity contribution is 0.102. The van der Waals surface area contributed by atoms with Crippen molar-refractivity contribution >= 4 is 11.6 Å². The van der Waals surface area contributed by atoms with Crippen LogP contribution in [-0.4, -0.2) is 22.8 Å². The van der Waals surface area contributed by atoms with Crippen molar-refractivity contribution in [1.82, 2.24) is 9.78 Å². The summed E-state index contributed by atoms with van der Waals surface area (Å²) in [7, 11) is 1.40. The smallest absolute Gasteiger partial charge is 0.259 e. The second-order valence-corrected chi connectivity index (χ2v) is 6.72. The first-order valence-corrected chi connectivity index (χ1v) is 8.87. The fraction of sp³-hybridized carbons (Fsp3) is 0.238. The maximum atomic E-state index is 13.9. The molecule has 5 nitrogen and oxygen atoms in total. The molecule has 0 radical (unpaired) electrons. The fourth-order valence-corrected chi connectivity index (χ4v) is 3.22. The van der Waals surface area contributed by atoms with Gasteiger partial charge in [0.2, 0.25) is 0 Å². The summed E-state index contributed by atoms with van der Waals surface area (Å²) in [4.78, 5) is 12.8. The van der Waals surface area contributed by atoms with E-state index in [0.717, 1.165) is 29.8 Å². The van der Waals surface area contributed by atoms with Crippen LogP contribution in [0.4, 0.5) is 10.1 Å². The van der Waals surface area contributed by atoms with Gasteiger partial charge in [-0.05, 0) is 43.5 Å². The molecule has 2 aromatic carbocycles. The largest absolute Gasteiger partial charge is 0.494 e. The molecule has 0 atom stereocenters. The zero-order valence-corrected chi connectivity index (χ0v) is 15.2. The quantitative estimate of drug-likeness (QED) is 0.726. The third-order valence-corrected chi connectivity index (χ3v) is 4.77. The highest BCUT2D eigenvalue weighted by Gasteiger charge is 2.33. The van der Waals surface area contributed by atoms with Gasteiger partial charge in [0.15, 0.2) is 11.6 Å². The van der Waals surface area contributed by atoms with Crippen molar-refractivity contribution in [2.24, 2.45) is 0 Å². The number of aryl methyl sites for hydroxylation is 1. The van der Waals surface area contributed by atoms with Gasteiger partial charge in [0.05, 0.1) is 30.3 Å². The average Bonchev–Trinajstić information content (AvgIpc) is 3.40. The SMILES string of the molecule is COc1ccc(NC(=O)c2cnn(-c3ccccc3C)c2C2CC2)cc1F. The molecule has 0 saturated heterocycles. The number of carbonyl (C=O) groups is 1. The number of amides is 1. The highest BCUT2D eigenvalue weighted by molar-refractivity contribution is 6.05. The maximum absolute atomic E-state index is 13.9. The van der Waals surface area contributed by atoms with Gasteiger partial charge in [0.1, 0.15) is 0 Å². The Bertz CT molecular complexity index is 1010. The predicted molar refractivity (Wildman–Crippen MR) is 101 cm³/mol. The molecule has 1 aromatic heterocycles. The highest BCUT2D eigenvalue weighted by atomic mass is 19.1. The minimum absolute atomic E-state index is 0.138. The Kier molecular flexibility index (Phi) is 4.39. The molecule has 6 heteroatoms. The predicted octanol–water partition coefficient (Wildman–Crippen LogP) is 4.46. The summed E-state index contributed by atoms with van der Waals surface area (Å²) in [5.74, 6) is -0.353. The Balaban J connectivity index is 1.67. The van der Waals surface area contributed by atoms with E-state index in [2.05, 4.69) is 10.4 Å². The van der Waals surface area contributed by atoms with Crippen LogP contribution in [0.5, 0.6) is 5.75 Å². The van der Waals surface area contributed by atoms with Crippen LogP contribution >= 0.6 is 0 Å². The number of para-hydroxylation sites is 1. The van der Waals surface area contributed by atoms with Gasteiger partial charge in [-0.3, -0.25) is 4.79 Å². The topological polar surface area (TPSA) is 56.1 Å². The number of carbonyl (C=O) groups excluding carboxylic acids is 1. The van der Waals surface area contributed by atoms with Gasteiger partial charge in [0, 0.05) is 17.7 Å². The summed E-state index contributed by atoms with van der Waals surface area (Å²) in [5, 5.41) is 7.24. The third kappa shape index (κ3) is 3.30. The van der Waals surface area contributed by atoms with E-state index in [4.69, 9.17) is 4.74 Å². The van der Waals surface area contributed by atoms with Crippen LogP contribution < -0.4 is 10.1 Å². The number of benzene rings is 2. The highest BCUT2D eigenvalue weighted by Crippen LogP contribution is 2.42. The van der Waals surface area contributed by atoms with E-state index < -0.39 is 5.82 Å². The van der Waals surface area contributed by atoms with Crippen LogP contribution in [0.2, 0.25) is 0 Å². The normalized spacial score (nSPS) is 13.4. The first-order valence-electron chi connectivity index (χ1n) is 8.87. The summed E-state index contributed by atoms with van der Waals surface area (Å²) in [6, 6.07) is 12.3. The lowest BCUT2D eigenvalue weighted by atomic mass is 10.1. The van der Waals surface area contributed by atoms with Crippen molar-refractivity contribution in [1.29, 1.82) is 0 Å². The summed E-state index contributed by atoms with van der Waals surface area (Å²) in [6.45, 7) is 2.02. The number of ether oxygens (including phenoxy) is 1. The second-order valence-electron chi connectivity index (χ2n) is 6.72. The van der Waals surface area contributed by atoms with Crippen molar-refractivity contribution < 1.29 is 13.9 Å². The van der Waals surface area contributed by atoms with E-state index in [-0.39, 0.29) is 11.7 Å². The number of anilines is 1. The molecule has 1 saturated carbocycles. The Morgan fingerprint density at radius 3 is 2.70 bits per heavy atom. The number of halogens is 1. The van der Waals surface area contributed by atoms with Gasteiger partial charge in [-0.1, -0.05) is 18.2 Å². The van der Waals surface area contributed by atoms with Gasteiger partial charge in [-0.25, -0.2) is 9.07 Å². The zero-order valence-electron chi connectivity index (χ0n) is 15.2. The lowest BCUT2D eigenvalue weighted by Crippen LogP contribution is -2.14. The number of rotatable bonds is 5. The minimum atomic E-state index is -0.520. The lowest BCUT2D eigenvalue weighted by Gasteiger charge is -2.12. The summed E-state index contributed by atoms with van der Waals surface area (Å²) in [5.41, 5.74) is 3.87. The van der Waals surface area contributed by atoms with E-state index in [9.17, 15) is 9.18 Å². The molecule has 1 heterocycles. The number of hydrogen-bond acceptors (Lipinski definition) is 3. The van der Waals surface area contributed by atoms with E-state index >= 15 is 0 Å². The van der Waals surface area contributed by atoms with Gasteiger partial charge in [-0.2, -0.15) is 5.10 Å². The first kappa shape index (κ1) is 17.3. The molecule has 0 unspecified atom stereocenters. The average molecular weight is 365 g/mol. The molecule has 138 valence electrons. The number of nitrogens with one attached hydrogen (secondary N) is 1. The molecule has 1 aliphatic carbocycles. The molecule has 0 spiro atoms. The standard InChI is InChI=1S/C21H20FN3O2/c1-13-5-3-4-6-18(13)25-20(14-7-8-14)16(12-23-25)21(26)24-15-9-10-19(27-2)17(22)11-15/h3-6,9-12,14H,7-8H2,1-2H3,(H,24,26). The monoisotopic (exact) mass is 365 g/mol. The number of aromatic nitrogens is 2. The van der Waals surface area contributed by atoms with Crippen LogP contribution in [0.25, 0.3) is 5.69 Å². The van der Waals surface area contributed by atoms with Gasteiger partial charge in [0.25, 0.3) is 5.91 Å². The van der Waals surface area contributed by atoms with E-state index in [1.165, 1.54) is 19.2 Å². The Hall–Kier alpha value is -3.15. The Morgan fingerprint density at radius 1 is 1.26 bits per heavy atom. The van der Waals surface area contributed by atoms with Gasteiger partial charge < -0.3 is 10.1 Å². The van der Waals surface area contributed by atoms with E-state index in [0.29, 0.717) is 17.2 Å². The van der Waals surface area contributed by atoms with Crippen molar-refractivity contribution in [3.63, 3.8) is 0 Å². The summed E-state index contributed by atoms with van der Waals surface area (Å²) in [6.07, 6.45) is 3.67. The molecule has 4 rings (SSSR count). The van der Waals surface area contributed by atoms with Crippen LogP contribution in [-0.2, 0) is 0 Å². The summed E-state index contributed by atoms with van der Waals surface area (Å²) < 4.78 is 20.7. The number of nitrogens with zero attached hydrogens (tertiary/aromatic N) is 2. The molecule has 1 fully saturated rings. The Morgan fingerprint density at radius 2 is 2.04 bits per heavy atom. The van der Waals surface area contributed by atoms with Crippen molar-refractivity contribution in [2.45, 2.75) is 25.7 Å². The number of hydrogen-bond donors (Lipinski definition) is 1. The van der Waals surface area contributed by atoms with E-state index in [1.54, 1.807) is 12.3 Å². The molecule has 1 N–H and O–H groups in total. The molecule has 27 heavy (non-hydrogen) atoms. The van der Waals surface area contributed by atoms with Crippen LogP contribution in [0.15, 0.2) is 48.7 Å². The minimum Gasteiger partial charge on any atom is -0.494 e. The number of methoxy groups -OCH3 is 1. The van der Waals surface area contributed by atoms with E-state index in [1.807, 2.05) is 35.9 Å². The Labute approximate surface area is 156 Å². The molecule has 0 aliphatic heterocycles. The first-order chi connectivity index (χ1) is 13.1. The second kappa shape index (κ2) is 6.87.